The molecule has 0 atom stereocenters. The van der Waals surface area contributed by atoms with Crippen molar-refractivity contribution in [3.63, 3.8) is 0 Å². The minimum absolute atomic E-state index is 0.255. The number of benzene rings is 2. The first-order valence-electron chi connectivity index (χ1n) is 7.33. The molecule has 0 unspecified atom stereocenters. The second kappa shape index (κ2) is 6.49. The number of nitrogens with two attached hydrogens (primary N) is 1. The Morgan fingerprint density at radius 2 is 1.88 bits per heavy atom. The SMILES string of the molecule is Cc1nc2ccc(Cl)cc2cc1C(=O)Nc1ccc(F)c(C(N)=O)c1. The summed E-state index contributed by atoms with van der Waals surface area (Å²) in [7, 11) is 0. The van der Waals surface area contributed by atoms with Crippen LogP contribution in [0.5, 0.6) is 0 Å². The number of nitrogens with one attached hydrogen (secondary N) is 1. The van der Waals surface area contributed by atoms with Gasteiger partial charge in [0.15, 0.2) is 0 Å². The number of hydrogen-bond acceptors (Lipinski definition) is 3. The van der Waals surface area contributed by atoms with Crippen LogP contribution in [0.15, 0.2) is 42.5 Å². The summed E-state index contributed by atoms with van der Waals surface area (Å²) >= 11 is 5.97. The van der Waals surface area contributed by atoms with Crippen LogP contribution >= 0.6 is 11.6 Å². The Kier molecular flexibility index (Phi) is 4.37. The lowest BCUT2D eigenvalue weighted by Crippen LogP contribution is -2.17. The monoisotopic (exact) mass is 357 g/mol. The van der Waals surface area contributed by atoms with Gasteiger partial charge in [0.2, 0.25) is 0 Å². The molecule has 0 radical (unpaired) electrons. The molecule has 0 spiro atoms. The highest BCUT2D eigenvalue weighted by molar-refractivity contribution is 6.31. The van der Waals surface area contributed by atoms with Crippen LogP contribution in [0.4, 0.5) is 10.1 Å². The number of hydrogen-bond donors (Lipinski definition) is 2. The molecule has 3 N–H and O–H groups in total. The van der Waals surface area contributed by atoms with Crippen molar-refractivity contribution >= 4 is 40.0 Å². The largest absolute Gasteiger partial charge is 0.366 e. The Morgan fingerprint density at radius 1 is 1.12 bits per heavy atom. The zero-order chi connectivity index (χ0) is 18.1. The summed E-state index contributed by atoms with van der Waals surface area (Å²) in [6, 6.07) is 10.5. The number of carbonyl (C=O) groups is 2. The number of anilines is 1. The van der Waals surface area contributed by atoms with E-state index in [-0.39, 0.29) is 11.3 Å². The highest BCUT2D eigenvalue weighted by Crippen LogP contribution is 2.22. The van der Waals surface area contributed by atoms with Gasteiger partial charge in [0, 0.05) is 16.1 Å². The van der Waals surface area contributed by atoms with Crippen LogP contribution < -0.4 is 11.1 Å². The summed E-state index contributed by atoms with van der Waals surface area (Å²) in [5, 5.41) is 3.87. The molecule has 0 aliphatic rings. The number of amides is 2. The summed E-state index contributed by atoms with van der Waals surface area (Å²) in [6.45, 7) is 1.71. The first-order valence-corrected chi connectivity index (χ1v) is 7.70. The smallest absolute Gasteiger partial charge is 0.257 e. The standard InChI is InChI=1S/C18H13ClFN3O2/c1-9-13(7-10-6-11(19)2-5-16(10)22-9)18(25)23-12-3-4-15(20)14(8-12)17(21)24/h2-8H,1H3,(H2,21,24)(H,23,25). The van der Waals surface area contributed by atoms with Crippen LogP contribution in [0.3, 0.4) is 0 Å². The van der Waals surface area contributed by atoms with Crippen molar-refractivity contribution in [3.8, 4) is 0 Å². The predicted octanol–water partition coefficient (Wildman–Crippen LogP) is 3.69. The van der Waals surface area contributed by atoms with Gasteiger partial charge < -0.3 is 11.1 Å². The van der Waals surface area contributed by atoms with Gasteiger partial charge in [-0.05, 0) is 49.4 Å². The van der Waals surface area contributed by atoms with E-state index >= 15 is 0 Å². The molecule has 3 rings (SSSR count). The molecule has 0 bridgehead atoms. The predicted molar refractivity (Wildman–Crippen MR) is 94.4 cm³/mol. The molecule has 0 aliphatic carbocycles. The first kappa shape index (κ1) is 16.9. The Labute approximate surface area is 147 Å². The number of primary amides is 1. The molecule has 5 nitrogen and oxygen atoms in total. The van der Waals surface area contributed by atoms with Gasteiger partial charge in [-0.15, -0.1) is 0 Å². The van der Waals surface area contributed by atoms with Gasteiger partial charge in [-0.25, -0.2) is 4.39 Å². The summed E-state index contributed by atoms with van der Waals surface area (Å²) in [5.41, 5.74) is 6.67. The zero-order valence-electron chi connectivity index (χ0n) is 13.1. The van der Waals surface area contributed by atoms with Gasteiger partial charge in [0.1, 0.15) is 5.82 Å². The van der Waals surface area contributed by atoms with Crippen LogP contribution in [-0.2, 0) is 0 Å². The highest BCUT2D eigenvalue weighted by atomic mass is 35.5. The number of fused-ring (bicyclic) bond motifs is 1. The van der Waals surface area contributed by atoms with Crippen molar-refractivity contribution in [1.29, 1.82) is 0 Å². The third kappa shape index (κ3) is 3.44. The molecule has 126 valence electrons. The molecule has 1 heterocycles. The van der Waals surface area contributed by atoms with Gasteiger partial charge >= 0.3 is 0 Å². The lowest BCUT2D eigenvalue weighted by atomic mass is 10.1. The van der Waals surface area contributed by atoms with E-state index in [0.29, 0.717) is 16.3 Å². The van der Waals surface area contributed by atoms with Crippen LogP contribution in [0.1, 0.15) is 26.4 Å². The second-order valence-electron chi connectivity index (χ2n) is 5.47. The maximum atomic E-state index is 13.5. The molecule has 0 saturated carbocycles. The average Bonchev–Trinajstić information content (AvgIpc) is 2.56. The molecule has 7 heteroatoms. The van der Waals surface area contributed by atoms with Gasteiger partial charge in [-0.3, -0.25) is 14.6 Å². The van der Waals surface area contributed by atoms with Crippen molar-refractivity contribution in [2.24, 2.45) is 5.73 Å². The van der Waals surface area contributed by atoms with Crippen molar-refractivity contribution < 1.29 is 14.0 Å². The van der Waals surface area contributed by atoms with Crippen molar-refractivity contribution in [3.05, 3.63) is 70.1 Å². The summed E-state index contributed by atoms with van der Waals surface area (Å²) < 4.78 is 13.5. The maximum Gasteiger partial charge on any atom is 0.257 e. The topological polar surface area (TPSA) is 85.1 Å². The molecule has 25 heavy (non-hydrogen) atoms. The number of pyridine rings is 1. The lowest BCUT2D eigenvalue weighted by molar-refractivity contribution is 0.0992. The fourth-order valence-electron chi connectivity index (χ4n) is 2.46. The number of carbonyl (C=O) groups excluding carboxylic acids is 2. The van der Waals surface area contributed by atoms with Crippen LogP contribution in [0.25, 0.3) is 10.9 Å². The maximum absolute atomic E-state index is 13.5. The number of rotatable bonds is 3. The Bertz CT molecular complexity index is 1020. The minimum Gasteiger partial charge on any atom is -0.366 e. The molecule has 2 amide bonds. The van der Waals surface area contributed by atoms with Crippen molar-refractivity contribution in [2.45, 2.75) is 6.92 Å². The van der Waals surface area contributed by atoms with E-state index in [1.807, 2.05) is 0 Å². The molecule has 0 saturated heterocycles. The average molecular weight is 358 g/mol. The molecule has 2 aromatic carbocycles. The Balaban J connectivity index is 1.96. The normalized spacial score (nSPS) is 10.7. The van der Waals surface area contributed by atoms with Crippen LogP contribution in [0.2, 0.25) is 5.02 Å². The van der Waals surface area contributed by atoms with Crippen LogP contribution in [-0.4, -0.2) is 16.8 Å². The molecule has 0 fully saturated rings. The van der Waals surface area contributed by atoms with Gasteiger partial charge in [-0.1, -0.05) is 11.6 Å². The minimum atomic E-state index is -0.910. The lowest BCUT2D eigenvalue weighted by Gasteiger charge is -2.10. The van der Waals surface area contributed by atoms with E-state index in [1.54, 1.807) is 31.2 Å². The van der Waals surface area contributed by atoms with Crippen molar-refractivity contribution in [2.75, 3.05) is 5.32 Å². The third-order valence-corrected chi connectivity index (χ3v) is 3.94. The third-order valence-electron chi connectivity index (χ3n) is 3.70. The zero-order valence-corrected chi connectivity index (χ0v) is 13.9. The first-order chi connectivity index (χ1) is 11.8. The second-order valence-corrected chi connectivity index (χ2v) is 5.91. The number of aryl methyl sites for hydroxylation is 1. The summed E-state index contributed by atoms with van der Waals surface area (Å²) in [5.74, 6) is -2.09. The highest BCUT2D eigenvalue weighted by Gasteiger charge is 2.14. The van der Waals surface area contributed by atoms with Crippen LogP contribution in [0, 0.1) is 12.7 Å². The molecular weight excluding hydrogens is 345 g/mol. The Morgan fingerprint density at radius 3 is 2.60 bits per heavy atom. The number of halogens is 2. The number of nitrogens with zero attached hydrogens (tertiary/aromatic N) is 1. The fraction of sp³-hybridized carbons (Fsp3) is 0.0556. The van der Waals surface area contributed by atoms with Gasteiger partial charge in [-0.2, -0.15) is 0 Å². The molecule has 3 aromatic rings. The van der Waals surface area contributed by atoms with Gasteiger partial charge in [0.05, 0.1) is 22.3 Å². The van der Waals surface area contributed by atoms with E-state index in [0.717, 1.165) is 17.0 Å². The summed E-state index contributed by atoms with van der Waals surface area (Å²) in [4.78, 5) is 28.1. The molecular formula is C18H13ClFN3O2. The fourth-order valence-corrected chi connectivity index (χ4v) is 2.64. The van der Waals surface area contributed by atoms with E-state index in [9.17, 15) is 14.0 Å². The Hall–Kier alpha value is -2.99. The quantitative estimate of drug-likeness (QED) is 0.749. The van der Waals surface area contributed by atoms with E-state index in [2.05, 4.69) is 10.3 Å². The van der Waals surface area contributed by atoms with E-state index in [1.165, 1.54) is 12.1 Å². The summed E-state index contributed by atoms with van der Waals surface area (Å²) in [6.07, 6.45) is 0. The van der Waals surface area contributed by atoms with Gasteiger partial charge in [0.25, 0.3) is 11.8 Å². The molecule has 1 aromatic heterocycles. The van der Waals surface area contributed by atoms with E-state index in [4.69, 9.17) is 17.3 Å². The van der Waals surface area contributed by atoms with Crippen molar-refractivity contribution in [1.82, 2.24) is 4.98 Å². The molecule has 0 aliphatic heterocycles. The van der Waals surface area contributed by atoms with E-state index < -0.39 is 17.6 Å². The number of aromatic nitrogens is 1.